The van der Waals surface area contributed by atoms with Crippen molar-refractivity contribution in [1.82, 2.24) is 5.32 Å². The van der Waals surface area contributed by atoms with Gasteiger partial charge in [-0.2, -0.15) is 0 Å². The Kier molecular flexibility index (Phi) is 37.0. The SMILES string of the molecule is CC/C=C\C/C=C\C/C=C\C/C=C\CCCCCCCCC(=O)NC(COC1OC(CO)C(OC2OC(CO)C(OC3OC(CO)C(O)C(O)C3O)C(O)C2O)C(O)C1O)C(O)/C=C/CCCCCCCCCCCCC. The molecule has 3 saturated heterocycles. The predicted molar refractivity (Wildman–Crippen MR) is 291 cm³/mol. The summed E-state index contributed by atoms with van der Waals surface area (Å²) < 4.78 is 34.2. The van der Waals surface area contributed by atoms with Crippen LogP contribution in [0, 0.1) is 0 Å². The number of nitrogens with one attached hydrogen (secondary N) is 1. The van der Waals surface area contributed by atoms with E-state index in [4.69, 9.17) is 28.4 Å². The predicted octanol–water partition coefficient (Wildman–Crippen LogP) is 4.48. The van der Waals surface area contributed by atoms with E-state index in [1.54, 1.807) is 6.08 Å². The van der Waals surface area contributed by atoms with Crippen LogP contribution >= 0.6 is 0 Å². The van der Waals surface area contributed by atoms with Crippen LogP contribution in [0.1, 0.15) is 168 Å². The third-order valence-electron chi connectivity index (χ3n) is 14.3. The number of aliphatic hydroxyl groups excluding tert-OH is 11. The molecule has 0 bridgehead atoms. The first-order valence-electron chi connectivity index (χ1n) is 29.0. The third kappa shape index (κ3) is 25.9. The van der Waals surface area contributed by atoms with Gasteiger partial charge in [0, 0.05) is 6.42 Å². The maximum atomic E-state index is 13.3. The second-order valence-corrected chi connectivity index (χ2v) is 20.7. The average molecular weight is 1100 g/mol. The van der Waals surface area contributed by atoms with E-state index in [0.717, 1.165) is 89.9 Å². The average Bonchev–Trinajstić information content (AvgIpc) is 3.42. The van der Waals surface area contributed by atoms with Gasteiger partial charge >= 0.3 is 0 Å². The largest absolute Gasteiger partial charge is 0.394 e. The molecule has 19 heteroatoms. The summed E-state index contributed by atoms with van der Waals surface area (Å²) in [7, 11) is 0. The molecular weight excluding hydrogens is 999 g/mol. The summed E-state index contributed by atoms with van der Waals surface area (Å²) in [5, 5.41) is 120. The summed E-state index contributed by atoms with van der Waals surface area (Å²) in [5.41, 5.74) is 0. The first-order valence-corrected chi connectivity index (χ1v) is 29.0. The van der Waals surface area contributed by atoms with E-state index in [1.165, 1.54) is 51.4 Å². The number of rotatable bonds is 41. The highest BCUT2D eigenvalue weighted by molar-refractivity contribution is 5.76. The van der Waals surface area contributed by atoms with Crippen LogP contribution in [-0.4, -0.2) is 193 Å². The van der Waals surface area contributed by atoms with Gasteiger partial charge in [0.15, 0.2) is 18.9 Å². The Balaban J connectivity index is 1.52. The molecule has 0 saturated carbocycles. The minimum Gasteiger partial charge on any atom is -0.394 e. The van der Waals surface area contributed by atoms with E-state index >= 15 is 0 Å². The number of hydrogen-bond donors (Lipinski definition) is 12. The van der Waals surface area contributed by atoms with Crippen molar-refractivity contribution in [2.75, 3.05) is 26.4 Å². The van der Waals surface area contributed by atoms with Crippen molar-refractivity contribution in [3.63, 3.8) is 0 Å². The third-order valence-corrected chi connectivity index (χ3v) is 14.3. The molecule has 3 fully saturated rings. The fourth-order valence-corrected chi connectivity index (χ4v) is 9.53. The Hall–Kier alpha value is -2.51. The molecule has 0 aliphatic carbocycles. The highest BCUT2D eigenvalue weighted by Crippen LogP contribution is 2.33. The molecule has 1 amide bonds. The Morgan fingerprint density at radius 2 is 0.896 bits per heavy atom. The Morgan fingerprint density at radius 1 is 0.481 bits per heavy atom. The van der Waals surface area contributed by atoms with Crippen LogP contribution in [0.15, 0.2) is 60.8 Å². The maximum Gasteiger partial charge on any atom is 0.220 e. The van der Waals surface area contributed by atoms with E-state index in [1.807, 2.05) is 6.08 Å². The summed E-state index contributed by atoms with van der Waals surface area (Å²) in [4.78, 5) is 13.3. The standard InChI is InChI=1S/C58H101NO18/c1-3-5-7-9-11-13-15-17-18-19-20-21-22-24-26-28-30-32-34-36-46(64)59-41(42(63)35-33-31-29-27-25-23-16-14-12-10-8-6-4-2)40-72-56-52(70)49(67)54(44(38-61)74-56)77-58-53(71)50(68)55(45(39-62)75-58)76-57-51(69)48(66)47(65)43(37-60)73-57/h5,7,11,13,17-18,20-21,33,35,41-45,47-58,60-63,65-71H,3-4,6,8-10,12,14-16,19,22-32,34,36-40H2,1-2H3,(H,59,64)/b7-5-,13-11-,18-17-,21-20-,35-33+. The summed E-state index contributed by atoms with van der Waals surface area (Å²) >= 11 is 0. The quantitative estimate of drug-likeness (QED) is 0.0297. The van der Waals surface area contributed by atoms with Gasteiger partial charge in [0.2, 0.25) is 5.91 Å². The molecule has 0 radical (unpaired) electrons. The molecule has 3 heterocycles. The zero-order valence-corrected chi connectivity index (χ0v) is 46.2. The number of amides is 1. The topological polar surface area (TPSA) is 307 Å². The zero-order chi connectivity index (χ0) is 56.2. The number of ether oxygens (including phenoxy) is 6. The van der Waals surface area contributed by atoms with E-state index in [2.05, 4.69) is 67.8 Å². The minimum atomic E-state index is -1.98. The van der Waals surface area contributed by atoms with Gasteiger partial charge in [-0.1, -0.05) is 164 Å². The van der Waals surface area contributed by atoms with Crippen molar-refractivity contribution in [3.8, 4) is 0 Å². The van der Waals surface area contributed by atoms with Crippen LogP contribution in [0.4, 0.5) is 0 Å². The number of allylic oxidation sites excluding steroid dienone is 9. The van der Waals surface area contributed by atoms with E-state index in [0.29, 0.717) is 6.42 Å². The van der Waals surface area contributed by atoms with Gasteiger partial charge in [-0.3, -0.25) is 4.79 Å². The molecule has 3 rings (SSSR count). The summed E-state index contributed by atoms with van der Waals surface area (Å²) in [5.74, 6) is -0.294. The van der Waals surface area contributed by atoms with E-state index in [-0.39, 0.29) is 18.9 Å². The molecule has 77 heavy (non-hydrogen) atoms. The maximum absolute atomic E-state index is 13.3. The normalized spacial score (nSPS) is 31.2. The molecule has 0 aromatic carbocycles. The lowest BCUT2D eigenvalue weighted by Crippen LogP contribution is -2.66. The molecule has 17 atom stereocenters. The lowest BCUT2D eigenvalue weighted by atomic mass is 9.96. The molecule has 0 aromatic heterocycles. The van der Waals surface area contributed by atoms with Crippen molar-refractivity contribution in [3.05, 3.63) is 60.8 Å². The number of unbranched alkanes of at least 4 members (excludes halogenated alkanes) is 17. The van der Waals surface area contributed by atoms with Crippen molar-refractivity contribution in [2.24, 2.45) is 0 Å². The number of carbonyl (C=O) groups excluding carboxylic acids is 1. The molecule has 12 N–H and O–H groups in total. The molecule has 0 spiro atoms. The van der Waals surface area contributed by atoms with Crippen LogP contribution in [0.2, 0.25) is 0 Å². The van der Waals surface area contributed by atoms with Crippen molar-refractivity contribution in [2.45, 2.75) is 272 Å². The van der Waals surface area contributed by atoms with E-state index < -0.39 is 124 Å². The number of aliphatic hydroxyl groups is 11. The summed E-state index contributed by atoms with van der Waals surface area (Å²) in [6, 6.07) is -0.982. The fourth-order valence-electron chi connectivity index (χ4n) is 9.53. The van der Waals surface area contributed by atoms with Gasteiger partial charge in [0.25, 0.3) is 0 Å². The highest BCUT2D eigenvalue weighted by Gasteiger charge is 2.53. The minimum absolute atomic E-state index is 0.224. The van der Waals surface area contributed by atoms with Crippen LogP contribution in [0.3, 0.4) is 0 Å². The first kappa shape index (κ1) is 68.8. The molecular formula is C58H101NO18. The zero-order valence-electron chi connectivity index (χ0n) is 46.2. The van der Waals surface area contributed by atoms with Crippen LogP contribution in [-0.2, 0) is 33.2 Å². The lowest BCUT2D eigenvalue weighted by Gasteiger charge is -2.48. The monoisotopic (exact) mass is 1100 g/mol. The second-order valence-electron chi connectivity index (χ2n) is 20.7. The molecule has 19 nitrogen and oxygen atoms in total. The van der Waals surface area contributed by atoms with Crippen molar-refractivity contribution < 1.29 is 89.4 Å². The van der Waals surface area contributed by atoms with Gasteiger partial charge in [-0.05, 0) is 57.8 Å². The van der Waals surface area contributed by atoms with Gasteiger partial charge in [0.1, 0.15) is 73.2 Å². The molecule has 3 aliphatic heterocycles. The van der Waals surface area contributed by atoms with Gasteiger partial charge in [-0.25, -0.2) is 0 Å². The number of hydrogen-bond acceptors (Lipinski definition) is 18. The first-order chi connectivity index (χ1) is 37.3. The molecule has 3 aliphatic rings. The molecule has 0 aromatic rings. The van der Waals surface area contributed by atoms with Gasteiger partial charge in [-0.15, -0.1) is 0 Å². The van der Waals surface area contributed by atoms with Crippen LogP contribution < -0.4 is 5.32 Å². The highest BCUT2D eigenvalue weighted by atomic mass is 16.8. The Labute approximate surface area is 458 Å². The van der Waals surface area contributed by atoms with Crippen molar-refractivity contribution in [1.29, 1.82) is 0 Å². The summed E-state index contributed by atoms with van der Waals surface area (Å²) in [6.45, 7) is 1.56. The lowest BCUT2D eigenvalue weighted by molar-refractivity contribution is -0.379. The fraction of sp³-hybridized carbons (Fsp3) is 0.810. The van der Waals surface area contributed by atoms with Gasteiger partial charge < -0.3 is 89.9 Å². The summed E-state index contributed by atoms with van der Waals surface area (Å²) in [6.07, 6.45) is 19.1. The smallest absolute Gasteiger partial charge is 0.220 e. The van der Waals surface area contributed by atoms with Crippen LogP contribution in [0.5, 0.6) is 0 Å². The van der Waals surface area contributed by atoms with Crippen LogP contribution in [0.25, 0.3) is 0 Å². The Bertz CT molecular complexity index is 1650. The van der Waals surface area contributed by atoms with E-state index in [9.17, 15) is 61.0 Å². The number of carbonyl (C=O) groups is 1. The second kappa shape index (κ2) is 41.5. The Morgan fingerprint density at radius 3 is 1.40 bits per heavy atom. The molecule has 17 unspecified atom stereocenters. The van der Waals surface area contributed by atoms with Crippen molar-refractivity contribution >= 4 is 5.91 Å². The van der Waals surface area contributed by atoms with Gasteiger partial charge in [0.05, 0.1) is 38.6 Å². The molecule has 446 valence electrons.